The van der Waals surface area contributed by atoms with E-state index in [4.69, 9.17) is 0 Å². The van der Waals surface area contributed by atoms with Gasteiger partial charge in [0.25, 0.3) is 5.91 Å². The number of para-hydroxylation sites is 1. The van der Waals surface area contributed by atoms with Crippen LogP contribution >= 0.6 is 11.3 Å². The van der Waals surface area contributed by atoms with Crippen LogP contribution in [-0.4, -0.2) is 30.1 Å². The molecule has 0 saturated carbocycles. The summed E-state index contributed by atoms with van der Waals surface area (Å²) in [4.78, 5) is 21.0. The zero-order valence-electron chi connectivity index (χ0n) is 15.0. The summed E-state index contributed by atoms with van der Waals surface area (Å²) in [5.41, 5.74) is 2.17. The Balaban J connectivity index is 1.90. The molecule has 4 aromatic rings. The second kappa shape index (κ2) is 6.88. The number of rotatable bonds is 4. The number of carbonyl (C=O) groups excluding carboxylic acids is 1. The Labute approximate surface area is 165 Å². The lowest BCUT2D eigenvalue weighted by Crippen LogP contribution is -2.16. The maximum Gasteiger partial charge on any atom is 0.281 e. The first-order valence-corrected chi connectivity index (χ1v) is 11.2. The number of fused-ring (bicyclic) bond motifs is 2. The van der Waals surface area contributed by atoms with Gasteiger partial charge in [0.2, 0.25) is 0 Å². The Bertz CT molecular complexity index is 1410. The standard InChI is InChI=1S/C20H17N3O3S2/c1-3-10-23-17-9-8-13(28(2,25)26)11-18(17)27-20(23)22-19(24)15-12-21-16-7-5-4-6-14(15)16/h3-9,11-12,21H,1,10H2,2H3. The second-order valence-corrected chi connectivity index (χ2v) is 9.38. The zero-order valence-corrected chi connectivity index (χ0v) is 16.7. The Hall–Kier alpha value is -2.97. The van der Waals surface area contributed by atoms with Gasteiger partial charge < -0.3 is 9.55 Å². The predicted molar refractivity (Wildman–Crippen MR) is 111 cm³/mol. The quantitative estimate of drug-likeness (QED) is 0.522. The van der Waals surface area contributed by atoms with Gasteiger partial charge in [0.05, 0.1) is 20.7 Å². The van der Waals surface area contributed by atoms with Crippen molar-refractivity contribution < 1.29 is 13.2 Å². The highest BCUT2D eigenvalue weighted by Gasteiger charge is 2.14. The number of hydrogen-bond donors (Lipinski definition) is 1. The highest BCUT2D eigenvalue weighted by molar-refractivity contribution is 7.90. The third-order valence-electron chi connectivity index (χ3n) is 4.41. The zero-order chi connectivity index (χ0) is 19.9. The van der Waals surface area contributed by atoms with Crippen molar-refractivity contribution in [2.24, 2.45) is 4.99 Å². The van der Waals surface area contributed by atoms with Gasteiger partial charge in [0, 0.05) is 29.9 Å². The molecule has 0 saturated heterocycles. The van der Waals surface area contributed by atoms with Crippen molar-refractivity contribution >= 4 is 48.2 Å². The van der Waals surface area contributed by atoms with Crippen molar-refractivity contribution in [3.05, 3.63) is 71.7 Å². The Morgan fingerprint density at radius 2 is 2.07 bits per heavy atom. The number of nitrogens with one attached hydrogen (secondary N) is 1. The summed E-state index contributed by atoms with van der Waals surface area (Å²) >= 11 is 1.28. The van der Waals surface area contributed by atoms with Crippen LogP contribution in [0.25, 0.3) is 21.1 Å². The third kappa shape index (κ3) is 3.21. The topological polar surface area (TPSA) is 84.3 Å². The summed E-state index contributed by atoms with van der Waals surface area (Å²) in [5, 5.41) is 0.812. The van der Waals surface area contributed by atoms with Crippen LogP contribution in [0, 0.1) is 0 Å². The highest BCUT2D eigenvalue weighted by atomic mass is 32.2. The van der Waals surface area contributed by atoms with Crippen molar-refractivity contribution in [3.63, 3.8) is 0 Å². The molecule has 0 atom stereocenters. The van der Waals surface area contributed by atoms with Crippen LogP contribution in [0.5, 0.6) is 0 Å². The number of H-pyrrole nitrogens is 1. The molecule has 2 heterocycles. The first-order chi connectivity index (χ1) is 13.4. The number of aromatic amines is 1. The number of allylic oxidation sites excluding steroid dienone is 1. The van der Waals surface area contributed by atoms with Crippen molar-refractivity contribution in [1.29, 1.82) is 0 Å². The number of aromatic nitrogens is 2. The summed E-state index contributed by atoms with van der Waals surface area (Å²) in [7, 11) is -3.32. The van der Waals surface area contributed by atoms with Crippen molar-refractivity contribution in [1.82, 2.24) is 9.55 Å². The van der Waals surface area contributed by atoms with E-state index in [1.54, 1.807) is 30.5 Å². The number of hydrogen-bond acceptors (Lipinski definition) is 4. The van der Waals surface area contributed by atoms with Crippen LogP contribution in [0.2, 0.25) is 0 Å². The Morgan fingerprint density at radius 3 is 2.82 bits per heavy atom. The highest BCUT2D eigenvalue weighted by Crippen LogP contribution is 2.23. The molecule has 0 aliphatic carbocycles. The maximum atomic E-state index is 12.8. The van der Waals surface area contributed by atoms with Crippen LogP contribution in [0.3, 0.4) is 0 Å². The summed E-state index contributed by atoms with van der Waals surface area (Å²) in [6.07, 6.45) is 4.54. The molecule has 0 radical (unpaired) electrons. The van der Waals surface area contributed by atoms with Crippen LogP contribution in [-0.2, 0) is 16.4 Å². The van der Waals surface area contributed by atoms with Crippen molar-refractivity contribution in [2.75, 3.05) is 6.26 Å². The molecule has 1 amide bonds. The smallest absolute Gasteiger partial charge is 0.281 e. The lowest BCUT2D eigenvalue weighted by atomic mass is 10.2. The lowest BCUT2D eigenvalue weighted by Gasteiger charge is -2.02. The van der Waals surface area contributed by atoms with Gasteiger partial charge >= 0.3 is 0 Å². The van der Waals surface area contributed by atoms with E-state index in [1.165, 1.54) is 17.6 Å². The normalized spacial score (nSPS) is 12.7. The van der Waals surface area contributed by atoms with Crippen LogP contribution in [0.15, 0.2) is 71.2 Å². The molecule has 0 aliphatic rings. The average molecular weight is 412 g/mol. The Kier molecular flexibility index (Phi) is 4.52. The third-order valence-corrected chi connectivity index (χ3v) is 6.56. The SMILES string of the molecule is C=CCn1c(=NC(=O)c2c[nH]c3ccccc23)sc2cc(S(C)(=O)=O)ccc21. The molecule has 4 rings (SSSR count). The minimum Gasteiger partial charge on any atom is -0.360 e. The molecule has 0 fully saturated rings. The van der Waals surface area contributed by atoms with E-state index in [0.29, 0.717) is 16.9 Å². The molecule has 28 heavy (non-hydrogen) atoms. The summed E-state index contributed by atoms with van der Waals surface area (Å²) in [5.74, 6) is -0.356. The van der Waals surface area contributed by atoms with E-state index in [1.807, 2.05) is 28.8 Å². The van der Waals surface area contributed by atoms with Gasteiger partial charge in [-0.15, -0.1) is 6.58 Å². The van der Waals surface area contributed by atoms with Gasteiger partial charge in [-0.2, -0.15) is 4.99 Å². The fourth-order valence-corrected chi connectivity index (χ4v) is 4.87. The van der Waals surface area contributed by atoms with E-state index < -0.39 is 9.84 Å². The number of benzene rings is 2. The number of carbonyl (C=O) groups is 1. The number of thiazole rings is 1. The van der Waals surface area contributed by atoms with E-state index in [-0.39, 0.29) is 10.8 Å². The largest absolute Gasteiger partial charge is 0.360 e. The monoisotopic (exact) mass is 411 g/mol. The first-order valence-electron chi connectivity index (χ1n) is 8.48. The summed E-state index contributed by atoms with van der Waals surface area (Å²) in [6, 6.07) is 12.5. The van der Waals surface area contributed by atoms with E-state index in [2.05, 4.69) is 16.6 Å². The van der Waals surface area contributed by atoms with E-state index >= 15 is 0 Å². The summed E-state index contributed by atoms with van der Waals surface area (Å²) < 4.78 is 26.3. The molecule has 2 aromatic heterocycles. The second-order valence-electron chi connectivity index (χ2n) is 6.35. The van der Waals surface area contributed by atoms with Crippen LogP contribution in [0.1, 0.15) is 10.4 Å². The molecule has 8 heteroatoms. The summed E-state index contributed by atoms with van der Waals surface area (Å²) in [6.45, 7) is 4.22. The van der Waals surface area contributed by atoms with Crippen molar-refractivity contribution in [3.8, 4) is 0 Å². The minimum atomic E-state index is -3.32. The van der Waals surface area contributed by atoms with E-state index in [0.717, 1.165) is 21.1 Å². The molecule has 0 bridgehead atoms. The molecular formula is C20H17N3O3S2. The van der Waals surface area contributed by atoms with E-state index in [9.17, 15) is 13.2 Å². The van der Waals surface area contributed by atoms with Gasteiger partial charge in [-0.1, -0.05) is 35.6 Å². The average Bonchev–Trinajstić information content (AvgIpc) is 3.23. The molecule has 6 nitrogen and oxygen atoms in total. The molecular weight excluding hydrogens is 394 g/mol. The molecule has 2 aromatic carbocycles. The number of nitrogens with zero attached hydrogens (tertiary/aromatic N) is 2. The van der Waals surface area contributed by atoms with Crippen molar-refractivity contribution in [2.45, 2.75) is 11.4 Å². The molecule has 0 unspecified atom stereocenters. The van der Waals surface area contributed by atoms with Gasteiger partial charge in [0.15, 0.2) is 14.6 Å². The first kappa shape index (κ1) is 18.4. The van der Waals surface area contributed by atoms with Gasteiger partial charge in [-0.3, -0.25) is 4.79 Å². The molecule has 0 spiro atoms. The van der Waals surface area contributed by atoms with Gasteiger partial charge in [-0.25, -0.2) is 8.42 Å². The fraction of sp³-hybridized carbons (Fsp3) is 0.100. The number of amides is 1. The predicted octanol–water partition coefficient (Wildman–Crippen LogP) is 3.51. The Morgan fingerprint density at radius 1 is 1.29 bits per heavy atom. The van der Waals surface area contributed by atoms with Gasteiger partial charge in [-0.05, 0) is 24.3 Å². The van der Waals surface area contributed by atoms with Crippen LogP contribution in [0.4, 0.5) is 0 Å². The maximum absolute atomic E-state index is 12.8. The molecule has 0 aliphatic heterocycles. The van der Waals surface area contributed by atoms with Crippen LogP contribution < -0.4 is 4.80 Å². The minimum absolute atomic E-state index is 0.238. The number of sulfone groups is 1. The molecule has 1 N–H and O–H groups in total. The van der Waals surface area contributed by atoms with Gasteiger partial charge in [0.1, 0.15) is 0 Å². The lowest BCUT2D eigenvalue weighted by molar-refractivity contribution is 0.0999. The molecule has 142 valence electrons. The fourth-order valence-electron chi connectivity index (χ4n) is 3.07.